The summed E-state index contributed by atoms with van der Waals surface area (Å²) >= 11 is 0. The van der Waals surface area contributed by atoms with Crippen LogP contribution in [0.4, 0.5) is 8.78 Å². The predicted molar refractivity (Wildman–Crippen MR) is 65.2 cm³/mol. The van der Waals surface area contributed by atoms with Crippen LogP contribution in [0.1, 0.15) is 38.2 Å². The van der Waals surface area contributed by atoms with E-state index in [9.17, 15) is 8.78 Å². The molecule has 3 heteroatoms. The van der Waals surface area contributed by atoms with Crippen LogP contribution in [0.25, 0.3) is 0 Å². The molecule has 2 rings (SSSR count). The van der Waals surface area contributed by atoms with Gasteiger partial charge < -0.3 is 5.32 Å². The first kappa shape index (κ1) is 12.5. The third-order valence-corrected chi connectivity index (χ3v) is 3.64. The van der Waals surface area contributed by atoms with E-state index >= 15 is 0 Å². The minimum Gasteiger partial charge on any atom is -0.306 e. The lowest BCUT2D eigenvalue weighted by Gasteiger charge is -2.28. The smallest absolute Gasteiger partial charge is 0.285 e. The highest BCUT2D eigenvalue weighted by Crippen LogP contribution is 2.32. The van der Waals surface area contributed by atoms with Gasteiger partial charge in [0.05, 0.1) is 6.54 Å². The van der Waals surface area contributed by atoms with E-state index in [-0.39, 0.29) is 17.6 Å². The molecule has 0 bridgehead atoms. The molecule has 0 unspecified atom stereocenters. The lowest BCUT2D eigenvalue weighted by Crippen LogP contribution is -2.45. The second-order valence-electron chi connectivity index (χ2n) is 5.19. The average Bonchev–Trinajstić information content (AvgIpc) is 2.76. The zero-order chi connectivity index (χ0) is 12.4. The van der Waals surface area contributed by atoms with E-state index in [0.717, 1.165) is 25.7 Å². The Morgan fingerprint density at radius 1 is 1.18 bits per heavy atom. The maximum absolute atomic E-state index is 13.9. The van der Waals surface area contributed by atoms with Gasteiger partial charge in [0.1, 0.15) is 0 Å². The topological polar surface area (TPSA) is 12.0 Å². The number of rotatable bonds is 4. The van der Waals surface area contributed by atoms with Gasteiger partial charge in [-0.3, -0.25) is 0 Å². The molecular formula is C14H19F2N. The van der Waals surface area contributed by atoms with E-state index in [1.165, 1.54) is 12.1 Å². The van der Waals surface area contributed by atoms with Crippen molar-refractivity contribution < 1.29 is 8.78 Å². The standard InChI is InChI=1S/C14H19F2N/c1-13(9-5-6-10-13)17-11-14(15,16)12-7-3-2-4-8-12/h2-4,7-8,17H,5-6,9-11H2,1H3. The van der Waals surface area contributed by atoms with E-state index in [0.29, 0.717) is 0 Å². The van der Waals surface area contributed by atoms with Crippen molar-refractivity contribution in [2.75, 3.05) is 6.54 Å². The van der Waals surface area contributed by atoms with Crippen molar-refractivity contribution in [1.82, 2.24) is 5.32 Å². The molecule has 0 aliphatic heterocycles. The number of hydrogen-bond donors (Lipinski definition) is 1. The molecule has 0 radical (unpaired) electrons. The van der Waals surface area contributed by atoms with Crippen LogP contribution in [0.3, 0.4) is 0 Å². The van der Waals surface area contributed by atoms with Crippen molar-refractivity contribution >= 4 is 0 Å². The summed E-state index contributed by atoms with van der Waals surface area (Å²) in [6, 6.07) is 8.03. The Labute approximate surface area is 101 Å². The third kappa shape index (κ3) is 3.03. The number of nitrogens with one attached hydrogen (secondary N) is 1. The Bertz CT molecular complexity index is 356. The largest absolute Gasteiger partial charge is 0.306 e. The maximum Gasteiger partial charge on any atom is 0.285 e. The van der Waals surface area contributed by atoms with Crippen LogP contribution in [0.2, 0.25) is 0 Å². The Morgan fingerprint density at radius 3 is 2.35 bits per heavy atom. The minimum absolute atomic E-state index is 0.0918. The summed E-state index contributed by atoms with van der Waals surface area (Å²) in [6.45, 7) is 1.77. The first-order valence-corrected chi connectivity index (χ1v) is 6.20. The molecule has 1 aromatic carbocycles. The van der Waals surface area contributed by atoms with Crippen LogP contribution in [0, 0.1) is 0 Å². The second-order valence-corrected chi connectivity index (χ2v) is 5.19. The lowest BCUT2D eigenvalue weighted by atomic mass is 9.99. The molecule has 17 heavy (non-hydrogen) atoms. The fourth-order valence-corrected chi connectivity index (χ4v) is 2.44. The van der Waals surface area contributed by atoms with Crippen molar-refractivity contribution in [1.29, 1.82) is 0 Å². The zero-order valence-electron chi connectivity index (χ0n) is 10.2. The van der Waals surface area contributed by atoms with Crippen molar-refractivity contribution in [3.8, 4) is 0 Å². The van der Waals surface area contributed by atoms with Crippen LogP contribution < -0.4 is 5.32 Å². The summed E-state index contributed by atoms with van der Waals surface area (Å²) in [5, 5.41) is 3.05. The molecule has 0 saturated heterocycles. The Balaban J connectivity index is 1.98. The van der Waals surface area contributed by atoms with Crippen LogP contribution >= 0.6 is 0 Å². The first-order chi connectivity index (χ1) is 8.02. The highest BCUT2D eigenvalue weighted by atomic mass is 19.3. The molecule has 0 aromatic heterocycles. The van der Waals surface area contributed by atoms with Gasteiger partial charge in [0.15, 0.2) is 0 Å². The van der Waals surface area contributed by atoms with Gasteiger partial charge in [-0.1, -0.05) is 43.2 Å². The van der Waals surface area contributed by atoms with Gasteiger partial charge in [-0.05, 0) is 19.8 Å². The summed E-state index contributed by atoms with van der Waals surface area (Å²) < 4.78 is 27.8. The number of benzene rings is 1. The molecular weight excluding hydrogens is 220 g/mol. The highest BCUT2D eigenvalue weighted by Gasteiger charge is 2.36. The average molecular weight is 239 g/mol. The van der Waals surface area contributed by atoms with Crippen LogP contribution in [-0.4, -0.2) is 12.1 Å². The van der Waals surface area contributed by atoms with Crippen molar-refractivity contribution in [2.24, 2.45) is 0 Å². The van der Waals surface area contributed by atoms with E-state index < -0.39 is 5.92 Å². The van der Waals surface area contributed by atoms with Gasteiger partial charge in [0.25, 0.3) is 5.92 Å². The Hall–Kier alpha value is -0.960. The molecule has 1 saturated carbocycles. The molecule has 0 atom stereocenters. The quantitative estimate of drug-likeness (QED) is 0.844. The van der Waals surface area contributed by atoms with E-state index in [1.54, 1.807) is 18.2 Å². The molecule has 94 valence electrons. The fourth-order valence-electron chi connectivity index (χ4n) is 2.44. The van der Waals surface area contributed by atoms with Gasteiger partial charge in [0.2, 0.25) is 0 Å². The van der Waals surface area contributed by atoms with Gasteiger partial charge in [0, 0.05) is 11.1 Å². The molecule has 1 N–H and O–H groups in total. The SMILES string of the molecule is CC1(NCC(F)(F)c2ccccc2)CCCC1. The monoisotopic (exact) mass is 239 g/mol. The second kappa shape index (κ2) is 4.73. The molecule has 1 nitrogen and oxygen atoms in total. The summed E-state index contributed by atoms with van der Waals surface area (Å²) in [4.78, 5) is 0. The normalized spacial score (nSPS) is 19.5. The minimum atomic E-state index is -2.78. The van der Waals surface area contributed by atoms with Gasteiger partial charge in [-0.15, -0.1) is 0 Å². The summed E-state index contributed by atoms with van der Waals surface area (Å²) in [5.41, 5.74) is -0.00724. The molecule has 1 fully saturated rings. The van der Waals surface area contributed by atoms with Crippen LogP contribution in [-0.2, 0) is 5.92 Å². The molecule has 0 spiro atoms. The van der Waals surface area contributed by atoms with Crippen LogP contribution in [0.5, 0.6) is 0 Å². The molecule has 1 aliphatic carbocycles. The summed E-state index contributed by atoms with van der Waals surface area (Å²) in [6.07, 6.45) is 4.27. The maximum atomic E-state index is 13.9. The first-order valence-electron chi connectivity index (χ1n) is 6.20. The van der Waals surface area contributed by atoms with Crippen molar-refractivity contribution in [3.05, 3.63) is 35.9 Å². The van der Waals surface area contributed by atoms with Gasteiger partial charge in [-0.2, -0.15) is 8.78 Å². The Morgan fingerprint density at radius 2 is 1.76 bits per heavy atom. The molecule has 0 heterocycles. The predicted octanol–water partition coefficient (Wildman–Crippen LogP) is 3.70. The summed E-state index contributed by atoms with van der Waals surface area (Å²) in [5.74, 6) is -2.78. The number of hydrogen-bond acceptors (Lipinski definition) is 1. The van der Waals surface area contributed by atoms with E-state index in [1.807, 2.05) is 6.92 Å². The van der Waals surface area contributed by atoms with E-state index in [2.05, 4.69) is 5.32 Å². The highest BCUT2D eigenvalue weighted by molar-refractivity contribution is 5.20. The Kier molecular flexibility index (Phi) is 3.48. The molecule has 1 aliphatic rings. The van der Waals surface area contributed by atoms with Crippen molar-refractivity contribution in [3.63, 3.8) is 0 Å². The van der Waals surface area contributed by atoms with Gasteiger partial charge >= 0.3 is 0 Å². The summed E-state index contributed by atoms with van der Waals surface area (Å²) in [7, 11) is 0. The number of halogens is 2. The van der Waals surface area contributed by atoms with E-state index in [4.69, 9.17) is 0 Å². The van der Waals surface area contributed by atoms with Gasteiger partial charge in [-0.25, -0.2) is 0 Å². The fraction of sp³-hybridized carbons (Fsp3) is 0.571. The van der Waals surface area contributed by atoms with Crippen molar-refractivity contribution in [2.45, 2.75) is 44.1 Å². The lowest BCUT2D eigenvalue weighted by molar-refractivity contribution is -0.0100. The number of alkyl halides is 2. The molecule has 1 aromatic rings. The zero-order valence-corrected chi connectivity index (χ0v) is 10.2. The van der Waals surface area contributed by atoms with Crippen LogP contribution in [0.15, 0.2) is 30.3 Å². The third-order valence-electron chi connectivity index (χ3n) is 3.64. The molecule has 0 amide bonds.